The Morgan fingerprint density at radius 1 is 1.30 bits per heavy atom. The summed E-state index contributed by atoms with van der Waals surface area (Å²) in [6, 6.07) is 0. The van der Waals surface area contributed by atoms with Crippen molar-refractivity contribution in [1.82, 2.24) is 15.6 Å². The summed E-state index contributed by atoms with van der Waals surface area (Å²) in [5.74, 6) is 0. The highest BCUT2D eigenvalue weighted by atomic mass is 16.3. The van der Waals surface area contributed by atoms with E-state index in [4.69, 9.17) is 10.2 Å². The van der Waals surface area contributed by atoms with Crippen molar-refractivity contribution in [3.63, 3.8) is 0 Å². The van der Waals surface area contributed by atoms with Crippen LogP contribution in [0.4, 0.5) is 0 Å². The zero-order valence-corrected chi connectivity index (χ0v) is 5.82. The van der Waals surface area contributed by atoms with Gasteiger partial charge in [0.05, 0.1) is 0 Å². The van der Waals surface area contributed by atoms with E-state index in [9.17, 15) is 0 Å². The summed E-state index contributed by atoms with van der Waals surface area (Å²) in [6.45, 7) is 1.51. The van der Waals surface area contributed by atoms with Crippen LogP contribution in [0.15, 0.2) is 0 Å². The molecule has 1 saturated heterocycles. The lowest BCUT2D eigenvalue weighted by atomic mass is 10.4. The van der Waals surface area contributed by atoms with Crippen molar-refractivity contribution < 1.29 is 10.2 Å². The van der Waals surface area contributed by atoms with Gasteiger partial charge in [-0.25, -0.2) is 10.4 Å². The second kappa shape index (κ2) is 3.85. The Bertz CT molecular complexity index is 88.9. The van der Waals surface area contributed by atoms with Gasteiger partial charge in [-0.3, -0.25) is 0 Å². The van der Waals surface area contributed by atoms with Crippen molar-refractivity contribution in [3.05, 3.63) is 0 Å². The summed E-state index contributed by atoms with van der Waals surface area (Å²) in [5, 5.41) is 20.6. The summed E-state index contributed by atoms with van der Waals surface area (Å²) in [4.78, 5) is 0. The van der Waals surface area contributed by atoms with Crippen molar-refractivity contribution in [2.45, 2.75) is 6.42 Å². The molecule has 5 nitrogen and oxygen atoms in total. The van der Waals surface area contributed by atoms with Gasteiger partial charge in [-0.1, -0.05) is 0 Å². The fourth-order valence-corrected chi connectivity index (χ4v) is 0.977. The van der Waals surface area contributed by atoms with Gasteiger partial charge in [0.15, 0.2) is 0 Å². The molecule has 5 heteroatoms. The van der Waals surface area contributed by atoms with Crippen LogP contribution in [0, 0.1) is 0 Å². The van der Waals surface area contributed by atoms with Crippen molar-refractivity contribution in [1.29, 1.82) is 0 Å². The Morgan fingerprint density at radius 3 is 2.60 bits per heavy atom. The predicted octanol–water partition coefficient (Wildman–Crippen LogP) is -1.69. The Hall–Kier alpha value is -0.200. The number of nitrogens with one attached hydrogen (secondary N) is 1. The minimum Gasteiger partial charge on any atom is -0.380 e. The first kappa shape index (κ1) is 7.90. The summed E-state index contributed by atoms with van der Waals surface area (Å²) in [6.07, 6.45) is 0.997. The van der Waals surface area contributed by atoms with E-state index in [1.807, 2.05) is 0 Å². The first-order valence-corrected chi connectivity index (χ1v) is 3.36. The molecule has 1 heterocycles. The number of hydrazine groups is 2. The molecule has 1 rings (SSSR count). The number of aliphatic hydroxyl groups excluding tert-OH is 2. The Kier molecular flexibility index (Phi) is 3.04. The Morgan fingerprint density at radius 2 is 2.10 bits per heavy atom. The quantitative estimate of drug-likeness (QED) is 0.435. The van der Waals surface area contributed by atoms with E-state index < -0.39 is 0 Å². The van der Waals surface area contributed by atoms with Crippen LogP contribution in [-0.4, -0.2) is 46.9 Å². The molecule has 0 spiro atoms. The predicted molar refractivity (Wildman–Crippen MR) is 35.3 cm³/mol. The zero-order valence-electron chi connectivity index (χ0n) is 5.82. The third kappa shape index (κ3) is 1.65. The third-order valence-corrected chi connectivity index (χ3v) is 1.53. The van der Waals surface area contributed by atoms with E-state index >= 15 is 0 Å². The molecule has 0 atom stereocenters. The molecule has 10 heavy (non-hydrogen) atoms. The molecule has 0 aromatic carbocycles. The standard InChI is InChI=1S/C5H13N3O2/c9-4-7-3-1-2-6-8(7)5-10/h6,9-10H,1-5H2. The maximum absolute atomic E-state index is 8.73. The van der Waals surface area contributed by atoms with Gasteiger partial charge in [0.1, 0.15) is 13.5 Å². The van der Waals surface area contributed by atoms with Crippen LogP contribution in [0.25, 0.3) is 0 Å². The van der Waals surface area contributed by atoms with Crippen LogP contribution in [0.3, 0.4) is 0 Å². The van der Waals surface area contributed by atoms with Gasteiger partial charge in [-0.2, -0.15) is 0 Å². The van der Waals surface area contributed by atoms with Crippen LogP contribution in [-0.2, 0) is 0 Å². The number of rotatable bonds is 2. The summed E-state index contributed by atoms with van der Waals surface area (Å²) in [5.41, 5.74) is 2.92. The van der Waals surface area contributed by atoms with Gasteiger partial charge in [0.2, 0.25) is 0 Å². The third-order valence-electron chi connectivity index (χ3n) is 1.53. The highest BCUT2D eigenvalue weighted by Gasteiger charge is 2.16. The zero-order chi connectivity index (χ0) is 7.40. The summed E-state index contributed by atoms with van der Waals surface area (Å²) in [7, 11) is 0. The van der Waals surface area contributed by atoms with E-state index in [2.05, 4.69) is 5.43 Å². The lowest BCUT2D eigenvalue weighted by Crippen LogP contribution is -2.56. The molecule has 0 aromatic heterocycles. The van der Waals surface area contributed by atoms with Crippen LogP contribution in [0.2, 0.25) is 0 Å². The fourth-order valence-electron chi connectivity index (χ4n) is 0.977. The lowest BCUT2D eigenvalue weighted by Gasteiger charge is -2.35. The Balaban J connectivity index is 2.34. The molecule has 0 saturated carbocycles. The number of hydrogen-bond donors (Lipinski definition) is 3. The molecule has 0 aromatic rings. The van der Waals surface area contributed by atoms with Crippen LogP contribution in [0.5, 0.6) is 0 Å². The minimum absolute atomic E-state index is 0.0481. The highest BCUT2D eigenvalue weighted by molar-refractivity contribution is 4.55. The van der Waals surface area contributed by atoms with E-state index in [0.29, 0.717) is 0 Å². The van der Waals surface area contributed by atoms with Crippen LogP contribution < -0.4 is 5.43 Å². The van der Waals surface area contributed by atoms with Crippen molar-refractivity contribution in [2.24, 2.45) is 0 Å². The summed E-state index contributed by atoms with van der Waals surface area (Å²) >= 11 is 0. The first-order valence-electron chi connectivity index (χ1n) is 3.36. The highest BCUT2D eigenvalue weighted by Crippen LogP contribution is 1.99. The molecule has 1 aliphatic rings. The monoisotopic (exact) mass is 147 g/mol. The van der Waals surface area contributed by atoms with E-state index in [0.717, 1.165) is 19.5 Å². The fraction of sp³-hybridized carbons (Fsp3) is 1.00. The second-order valence-electron chi connectivity index (χ2n) is 2.17. The number of hydrogen-bond acceptors (Lipinski definition) is 5. The largest absolute Gasteiger partial charge is 0.380 e. The topological polar surface area (TPSA) is 59.0 Å². The van der Waals surface area contributed by atoms with Gasteiger partial charge in [-0.15, -0.1) is 5.12 Å². The van der Waals surface area contributed by atoms with Crippen molar-refractivity contribution in [2.75, 3.05) is 26.6 Å². The average Bonchev–Trinajstić information content (AvgIpc) is 2.04. The van der Waals surface area contributed by atoms with Crippen molar-refractivity contribution >= 4 is 0 Å². The molecule has 0 aliphatic carbocycles. The molecule has 60 valence electrons. The molecule has 0 unspecified atom stereocenters. The molecule has 0 amide bonds. The van der Waals surface area contributed by atoms with Gasteiger partial charge in [0.25, 0.3) is 0 Å². The normalized spacial score (nSPS) is 23.4. The number of aliphatic hydroxyl groups is 2. The molecule has 0 radical (unpaired) electrons. The van der Waals surface area contributed by atoms with E-state index in [1.165, 1.54) is 5.12 Å². The first-order chi connectivity index (χ1) is 4.88. The second-order valence-corrected chi connectivity index (χ2v) is 2.17. The molecular weight excluding hydrogens is 134 g/mol. The van der Waals surface area contributed by atoms with E-state index in [1.54, 1.807) is 5.01 Å². The minimum atomic E-state index is -0.0967. The SMILES string of the molecule is OCN1CCCNN1CO. The molecule has 1 fully saturated rings. The smallest absolute Gasteiger partial charge is 0.124 e. The Labute approximate surface area is 59.8 Å². The van der Waals surface area contributed by atoms with Crippen molar-refractivity contribution in [3.8, 4) is 0 Å². The maximum Gasteiger partial charge on any atom is 0.124 e. The van der Waals surface area contributed by atoms with Gasteiger partial charge >= 0.3 is 0 Å². The molecular formula is C5H13N3O2. The maximum atomic E-state index is 8.73. The van der Waals surface area contributed by atoms with Gasteiger partial charge in [-0.05, 0) is 6.42 Å². The summed E-state index contributed by atoms with van der Waals surface area (Å²) < 4.78 is 0. The van der Waals surface area contributed by atoms with Crippen LogP contribution in [0.1, 0.15) is 6.42 Å². The van der Waals surface area contributed by atoms with Crippen LogP contribution >= 0.6 is 0 Å². The molecule has 1 aliphatic heterocycles. The molecule has 3 N–H and O–H groups in total. The average molecular weight is 147 g/mol. The number of nitrogens with zero attached hydrogens (tertiary/aromatic N) is 2. The van der Waals surface area contributed by atoms with Gasteiger partial charge < -0.3 is 10.2 Å². The lowest BCUT2D eigenvalue weighted by molar-refractivity contribution is -0.171. The molecule has 0 bridgehead atoms. The van der Waals surface area contributed by atoms with Gasteiger partial charge in [0, 0.05) is 13.1 Å². The van der Waals surface area contributed by atoms with E-state index in [-0.39, 0.29) is 13.5 Å².